The van der Waals surface area contributed by atoms with Gasteiger partial charge in [0.1, 0.15) is 0 Å². The highest BCUT2D eigenvalue weighted by Crippen LogP contribution is 2.33. The molecule has 13 nitrogen and oxygen atoms in total. The highest BCUT2D eigenvalue weighted by Gasteiger charge is 2.42. The highest BCUT2D eigenvalue weighted by molar-refractivity contribution is 6.85. The summed E-state index contributed by atoms with van der Waals surface area (Å²) in [6.45, 7) is 32.0. The van der Waals surface area contributed by atoms with E-state index >= 15 is 0 Å². The van der Waals surface area contributed by atoms with Crippen LogP contribution in [0.25, 0.3) is 0 Å². The Morgan fingerprint density at radius 3 is 1.04 bits per heavy atom. The summed E-state index contributed by atoms with van der Waals surface area (Å²) in [5, 5.41) is 0.176. The van der Waals surface area contributed by atoms with Crippen LogP contribution in [-0.4, -0.2) is 172 Å². The number of hydrogen-bond donors (Lipinski definition) is 0. The van der Waals surface area contributed by atoms with E-state index in [2.05, 4.69) is 60.8 Å². The van der Waals surface area contributed by atoms with E-state index in [1.165, 1.54) is 0 Å². The lowest BCUT2D eigenvalue weighted by Gasteiger charge is -2.40. The Morgan fingerprint density at radius 1 is 0.481 bits per heavy atom. The van der Waals surface area contributed by atoms with Crippen LogP contribution in [0.1, 0.15) is 41.0 Å². The molecule has 0 rings (SSSR count). The normalized spacial score (nSPS) is 13.8. The molecule has 0 aromatic carbocycles. The number of methoxy groups -OCH3 is 1. The second kappa shape index (κ2) is 34.4. The molecule has 0 heterocycles. The molecule has 1 unspecified atom stereocenters. The lowest BCUT2D eigenvalue weighted by molar-refractivity contribution is -0.0270. The van der Waals surface area contributed by atoms with Crippen LogP contribution in [-0.2, 0) is 60.3 Å². The van der Waals surface area contributed by atoms with Crippen LogP contribution in [0.5, 0.6) is 0 Å². The van der Waals surface area contributed by atoms with Gasteiger partial charge in [0.25, 0.3) is 0 Å². The first kappa shape index (κ1) is 52.1. The summed E-state index contributed by atoms with van der Waals surface area (Å²) in [4.78, 5) is 0. The average Bonchev–Trinajstić information content (AvgIpc) is 3.05. The Morgan fingerprint density at radius 2 is 0.769 bits per heavy atom. The minimum absolute atomic E-state index is 0.176. The summed E-state index contributed by atoms with van der Waals surface area (Å²) < 4.78 is 74.0. The largest absolute Gasteiger partial charge is 0.436 e. The third-order valence-corrected chi connectivity index (χ3v) is 19.6. The van der Waals surface area contributed by atoms with E-state index in [1.807, 2.05) is 0 Å². The van der Waals surface area contributed by atoms with Crippen molar-refractivity contribution in [2.75, 3.05) is 146 Å². The summed E-state index contributed by atoms with van der Waals surface area (Å²) in [5.41, 5.74) is 0. The van der Waals surface area contributed by atoms with Gasteiger partial charge in [0, 0.05) is 13.7 Å². The van der Waals surface area contributed by atoms with Gasteiger partial charge in [0.2, 0.25) is 9.04 Å². The SMILES string of the molecule is COCCOCCOCCOCCOCCOCCOCCOCCOCCOCCOCCC[Si](C)(O[Si](C)C(C)(C)C)O[Si](C)(C)CC(C)C. The van der Waals surface area contributed by atoms with Crippen molar-refractivity contribution in [3.8, 4) is 0 Å². The third kappa shape index (κ3) is 35.8. The minimum Gasteiger partial charge on any atom is -0.436 e. The van der Waals surface area contributed by atoms with Crippen LogP contribution in [0.2, 0.25) is 43.3 Å². The molecule has 0 spiro atoms. The van der Waals surface area contributed by atoms with Gasteiger partial charge in [0.15, 0.2) is 8.32 Å². The number of ether oxygens (including phenoxy) is 11. The predicted octanol–water partition coefficient (Wildman–Crippen LogP) is 5.58. The number of rotatable bonds is 40. The van der Waals surface area contributed by atoms with Gasteiger partial charge < -0.3 is 60.3 Å². The summed E-state index contributed by atoms with van der Waals surface area (Å²) >= 11 is 0. The molecule has 0 aromatic heterocycles. The summed E-state index contributed by atoms with van der Waals surface area (Å²) in [6, 6.07) is 2.11. The lowest BCUT2D eigenvalue weighted by atomic mass is 10.3. The zero-order chi connectivity index (χ0) is 38.8. The first-order chi connectivity index (χ1) is 24.8. The van der Waals surface area contributed by atoms with Crippen LogP contribution >= 0.6 is 0 Å². The molecule has 0 amide bonds. The maximum absolute atomic E-state index is 6.93. The molecule has 0 aliphatic heterocycles. The Bertz CT molecular complexity index is 765. The molecule has 0 bridgehead atoms. The molecule has 0 aliphatic rings. The lowest BCUT2D eigenvalue weighted by Crippen LogP contribution is -2.52. The van der Waals surface area contributed by atoms with Gasteiger partial charge in [-0.25, -0.2) is 0 Å². The molecular formula is C36H79O13Si3. The van der Waals surface area contributed by atoms with Gasteiger partial charge in [0.05, 0.1) is 132 Å². The maximum Gasteiger partial charge on any atom is 0.314 e. The fourth-order valence-electron chi connectivity index (χ4n) is 4.93. The second-order valence-electron chi connectivity index (χ2n) is 14.7. The van der Waals surface area contributed by atoms with E-state index in [4.69, 9.17) is 60.3 Å². The third-order valence-electron chi connectivity index (χ3n) is 7.52. The smallest absolute Gasteiger partial charge is 0.314 e. The average molecular weight is 804 g/mol. The van der Waals surface area contributed by atoms with E-state index < -0.39 is 25.9 Å². The van der Waals surface area contributed by atoms with Crippen molar-refractivity contribution >= 4 is 25.9 Å². The molecule has 0 aromatic rings. The summed E-state index contributed by atoms with van der Waals surface area (Å²) in [5.74, 6) is 0.634. The van der Waals surface area contributed by atoms with Crippen LogP contribution in [0.4, 0.5) is 0 Å². The Labute approximate surface area is 321 Å². The number of hydrogen-bond acceptors (Lipinski definition) is 13. The van der Waals surface area contributed by atoms with Gasteiger partial charge in [-0.3, -0.25) is 0 Å². The van der Waals surface area contributed by atoms with E-state index in [1.54, 1.807) is 7.11 Å². The van der Waals surface area contributed by atoms with Gasteiger partial charge in [-0.15, -0.1) is 0 Å². The van der Waals surface area contributed by atoms with E-state index in [-0.39, 0.29) is 5.04 Å². The Kier molecular flexibility index (Phi) is 34.5. The second-order valence-corrected chi connectivity index (χ2v) is 25.7. The fourth-order valence-corrected chi connectivity index (χ4v) is 17.9. The van der Waals surface area contributed by atoms with Gasteiger partial charge in [-0.1, -0.05) is 34.6 Å². The molecule has 16 heteroatoms. The van der Waals surface area contributed by atoms with Crippen molar-refractivity contribution in [2.45, 2.75) is 84.4 Å². The first-order valence-corrected chi connectivity index (χ1v) is 26.9. The topological polar surface area (TPSA) is 120 Å². The zero-order valence-corrected chi connectivity index (χ0v) is 37.9. The highest BCUT2D eigenvalue weighted by atomic mass is 28.5. The summed E-state index contributed by atoms with van der Waals surface area (Å²) in [7, 11) is -3.44. The van der Waals surface area contributed by atoms with Crippen molar-refractivity contribution in [3.63, 3.8) is 0 Å². The van der Waals surface area contributed by atoms with Gasteiger partial charge in [-0.2, -0.15) is 0 Å². The Balaban J connectivity index is 3.54. The monoisotopic (exact) mass is 803 g/mol. The van der Waals surface area contributed by atoms with E-state index in [0.717, 1.165) is 18.5 Å². The van der Waals surface area contributed by atoms with Gasteiger partial charge in [-0.05, 0) is 55.7 Å². The standard InChI is InChI=1S/C36H79O13Si3/c1-35(2)34-51(8,9)49-52(10,48-50(7)36(3,4)5)33-11-12-38-15-16-40-19-20-42-23-24-44-27-28-46-31-32-47-30-29-45-26-25-43-22-21-41-18-17-39-14-13-37-6/h35H,11-34H2,1-10H3. The molecule has 1 radical (unpaired) electrons. The first-order valence-electron chi connectivity index (χ1n) is 19.3. The van der Waals surface area contributed by atoms with Crippen molar-refractivity contribution in [1.82, 2.24) is 0 Å². The molecular weight excluding hydrogens is 725 g/mol. The molecule has 313 valence electrons. The maximum atomic E-state index is 6.93. The van der Waals surface area contributed by atoms with Crippen molar-refractivity contribution in [1.29, 1.82) is 0 Å². The van der Waals surface area contributed by atoms with Crippen LogP contribution in [0.15, 0.2) is 0 Å². The van der Waals surface area contributed by atoms with Crippen LogP contribution in [0, 0.1) is 5.92 Å². The molecule has 1 atom stereocenters. The molecule has 0 N–H and O–H groups in total. The molecule has 0 fully saturated rings. The zero-order valence-electron chi connectivity index (χ0n) is 34.9. The van der Waals surface area contributed by atoms with Crippen molar-refractivity contribution < 1.29 is 60.3 Å². The molecule has 0 saturated heterocycles. The van der Waals surface area contributed by atoms with E-state index in [0.29, 0.717) is 145 Å². The molecule has 0 saturated carbocycles. The fraction of sp³-hybridized carbons (Fsp3) is 1.00. The molecule has 52 heavy (non-hydrogen) atoms. The van der Waals surface area contributed by atoms with Crippen LogP contribution in [0.3, 0.4) is 0 Å². The van der Waals surface area contributed by atoms with Crippen molar-refractivity contribution in [3.05, 3.63) is 0 Å². The van der Waals surface area contributed by atoms with E-state index in [9.17, 15) is 0 Å². The molecule has 0 aliphatic carbocycles. The van der Waals surface area contributed by atoms with Crippen LogP contribution < -0.4 is 0 Å². The quantitative estimate of drug-likeness (QED) is 0.0568. The predicted molar refractivity (Wildman–Crippen MR) is 212 cm³/mol. The minimum atomic E-state index is -2.31. The summed E-state index contributed by atoms with van der Waals surface area (Å²) in [6.07, 6.45) is 0.939. The van der Waals surface area contributed by atoms with Gasteiger partial charge >= 0.3 is 8.56 Å². The van der Waals surface area contributed by atoms with Crippen molar-refractivity contribution in [2.24, 2.45) is 5.92 Å². The Hall–Kier alpha value is 0.131.